The van der Waals surface area contributed by atoms with Crippen LogP contribution in [0, 0.1) is 0 Å². The molecule has 6 heteroatoms. The van der Waals surface area contributed by atoms with Crippen molar-refractivity contribution in [1.29, 1.82) is 0 Å². The van der Waals surface area contributed by atoms with E-state index in [1.54, 1.807) is 0 Å². The number of esters is 2. The zero-order chi connectivity index (χ0) is 29.3. The molecule has 2 fully saturated rings. The van der Waals surface area contributed by atoms with E-state index in [-0.39, 0.29) is 46.3 Å². The average Bonchev–Trinajstić information content (AvgIpc) is 2.84. The average molecular weight is 549 g/mol. The van der Waals surface area contributed by atoms with Crippen molar-refractivity contribution in [3.05, 3.63) is 71.8 Å². The number of likely N-dealkylation sites (tertiary alicyclic amines) is 2. The van der Waals surface area contributed by atoms with E-state index >= 15 is 0 Å². The summed E-state index contributed by atoms with van der Waals surface area (Å²) in [5.74, 6) is -0.491. The van der Waals surface area contributed by atoms with Crippen molar-refractivity contribution in [3.63, 3.8) is 0 Å². The Kier molecular flexibility index (Phi) is 8.54. The van der Waals surface area contributed by atoms with E-state index < -0.39 is 0 Å². The van der Waals surface area contributed by atoms with Crippen molar-refractivity contribution in [2.45, 2.75) is 115 Å². The number of rotatable bonds is 7. The number of hydrogen-bond acceptors (Lipinski definition) is 6. The summed E-state index contributed by atoms with van der Waals surface area (Å²) in [4.78, 5) is 30.8. The highest BCUT2D eigenvalue weighted by molar-refractivity contribution is 5.89. The molecule has 6 nitrogen and oxygen atoms in total. The minimum Gasteiger partial charge on any atom is -0.459 e. The normalized spacial score (nSPS) is 22.9. The van der Waals surface area contributed by atoms with Gasteiger partial charge in [0, 0.05) is 60.9 Å². The monoisotopic (exact) mass is 548 g/mol. The van der Waals surface area contributed by atoms with E-state index in [1.165, 1.54) is 0 Å². The van der Waals surface area contributed by atoms with Crippen molar-refractivity contribution in [2.75, 3.05) is 13.1 Å². The zero-order valence-corrected chi connectivity index (χ0v) is 25.7. The summed E-state index contributed by atoms with van der Waals surface area (Å²) >= 11 is 0. The fourth-order valence-electron chi connectivity index (χ4n) is 7.62. The third-order valence-electron chi connectivity index (χ3n) is 8.95. The van der Waals surface area contributed by atoms with Crippen LogP contribution in [0.25, 0.3) is 0 Å². The van der Waals surface area contributed by atoms with Gasteiger partial charge < -0.3 is 9.47 Å². The van der Waals surface area contributed by atoms with Gasteiger partial charge in [0.05, 0.1) is 11.1 Å². The summed E-state index contributed by atoms with van der Waals surface area (Å²) in [7, 11) is 0. The van der Waals surface area contributed by atoms with E-state index in [2.05, 4.69) is 65.2 Å². The lowest BCUT2D eigenvalue weighted by Gasteiger charge is -2.58. The van der Waals surface area contributed by atoms with Gasteiger partial charge in [-0.1, -0.05) is 36.4 Å². The summed E-state index contributed by atoms with van der Waals surface area (Å²) in [6.07, 6.45) is 2.91. The van der Waals surface area contributed by atoms with Gasteiger partial charge in [0.25, 0.3) is 0 Å². The molecule has 0 aromatic heterocycles. The molecule has 0 amide bonds. The molecule has 2 saturated heterocycles. The Hall–Kier alpha value is -2.70. The van der Waals surface area contributed by atoms with E-state index in [9.17, 15) is 9.59 Å². The lowest BCUT2D eigenvalue weighted by Crippen LogP contribution is -2.67. The smallest absolute Gasteiger partial charge is 0.338 e. The molecule has 4 rings (SSSR count). The Balaban J connectivity index is 1.40. The summed E-state index contributed by atoms with van der Waals surface area (Å²) < 4.78 is 12.0. The van der Waals surface area contributed by atoms with Crippen LogP contribution in [0.2, 0.25) is 0 Å². The number of hydrogen-bond donors (Lipinski definition) is 0. The Morgan fingerprint density at radius 2 is 0.850 bits per heavy atom. The summed E-state index contributed by atoms with van der Waals surface area (Å²) in [6.45, 7) is 19.9. The summed E-state index contributed by atoms with van der Waals surface area (Å²) in [5.41, 5.74) is 0.649. The topological polar surface area (TPSA) is 59.1 Å². The number of ether oxygens (including phenoxy) is 2. The summed E-state index contributed by atoms with van der Waals surface area (Å²) in [5, 5.41) is 0. The van der Waals surface area contributed by atoms with Crippen LogP contribution in [-0.2, 0) is 9.47 Å². The maximum atomic E-state index is 12.8. The van der Waals surface area contributed by atoms with Crippen LogP contribution in [0.3, 0.4) is 0 Å². The van der Waals surface area contributed by atoms with Gasteiger partial charge in [0.15, 0.2) is 0 Å². The van der Waals surface area contributed by atoms with Crippen molar-refractivity contribution >= 4 is 11.9 Å². The van der Waals surface area contributed by atoms with Gasteiger partial charge in [0.2, 0.25) is 0 Å². The lowest BCUT2D eigenvalue weighted by molar-refractivity contribution is -0.116. The highest BCUT2D eigenvalue weighted by atomic mass is 16.5. The minimum atomic E-state index is -0.245. The second-order valence-electron chi connectivity index (χ2n) is 14.2. The van der Waals surface area contributed by atoms with Crippen molar-refractivity contribution in [1.82, 2.24) is 9.80 Å². The predicted octanol–water partition coefficient (Wildman–Crippen LogP) is 6.74. The van der Waals surface area contributed by atoms with Gasteiger partial charge >= 0.3 is 11.9 Å². The number of piperidine rings is 2. The van der Waals surface area contributed by atoms with Gasteiger partial charge in [-0.25, -0.2) is 9.59 Å². The molecular formula is C34H48N2O4. The van der Waals surface area contributed by atoms with Crippen LogP contribution >= 0.6 is 0 Å². The van der Waals surface area contributed by atoms with Crippen LogP contribution in [0.4, 0.5) is 0 Å². The van der Waals surface area contributed by atoms with E-state index in [4.69, 9.17) is 9.47 Å². The Morgan fingerprint density at radius 1 is 0.575 bits per heavy atom. The fraction of sp³-hybridized carbons (Fsp3) is 0.588. The molecule has 2 aromatic carbocycles. The largest absolute Gasteiger partial charge is 0.459 e. The molecule has 2 aliphatic rings. The zero-order valence-electron chi connectivity index (χ0n) is 25.7. The van der Waals surface area contributed by atoms with E-state index in [0.717, 1.165) is 38.8 Å². The van der Waals surface area contributed by atoms with Crippen molar-refractivity contribution in [2.24, 2.45) is 0 Å². The van der Waals surface area contributed by atoms with Crippen LogP contribution < -0.4 is 0 Å². The fourth-order valence-corrected chi connectivity index (χ4v) is 7.62. The SMILES string of the molecule is CC1(C)CC(OC(=O)c2ccccc2)CC(C)(C)N1CCN1C(C)(C)CC(OC(=O)c2ccccc2)CC1(C)C. The first-order chi connectivity index (χ1) is 18.6. The quantitative estimate of drug-likeness (QED) is 0.357. The highest BCUT2D eigenvalue weighted by Gasteiger charge is 2.49. The maximum Gasteiger partial charge on any atom is 0.338 e. The van der Waals surface area contributed by atoms with Crippen LogP contribution in [0.5, 0.6) is 0 Å². The molecular weight excluding hydrogens is 500 g/mol. The third kappa shape index (κ3) is 6.77. The number of benzene rings is 2. The third-order valence-corrected chi connectivity index (χ3v) is 8.95. The van der Waals surface area contributed by atoms with Crippen molar-refractivity contribution < 1.29 is 19.1 Å². The Bertz CT molecular complexity index is 1040. The second-order valence-corrected chi connectivity index (χ2v) is 14.2. The van der Waals surface area contributed by atoms with Gasteiger partial charge in [-0.05, 0) is 79.7 Å². The molecule has 0 radical (unpaired) electrons. The van der Waals surface area contributed by atoms with Crippen LogP contribution in [-0.4, -0.2) is 69.2 Å². The van der Waals surface area contributed by atoms with Gasteiger partial charge in [-0.2, -0.15) is 0 Å². The van der Waals surface area contributed by atoms with Gasteiger partial charge in [0.1, 0.15) is 12.2 Å². The highest BCUT2D eigenvalue weighted by Crippen LogP contribution is 2.42. The number of carbonyl (C=O) groups is 2. The first-order valence-corrected chi connectivity index (χ1v) is 14.7. The molecule has 2 aliphatic heterocycles. The molecule has 0 saturated carbocycles. The predicted molar refractivity (Wildman–Crippen MR) is 159 cm³/mol. The maximum absolute atomic E-state index is 12.8. The molecule has 2 aromatic rings. The second kappa shape index (κ2) is 11.3. The summed E-state index contributed by atoms with van der Waals surface area (Å²) in [6, 6.07) is 18.5. The van der Waals surface area contributed by atoms with Crippen molar-refractivity contribution in [3.8, 4) is 0 Å². The molecule has 0 N–H and O–H groups in total. The molecule has 0 bridgehead atoms. The molecule has 40 heavy (non-hydrogen) atoms. The molecule has 0 spiro atoms. The van der Waals surface area contributed by atoms with E-state index in [0.29, 0.717) is 11.1 Å². The Morgan fingerprint density at radius 3 is 1.12 bits per heavy atom. The molecule has 218 valence electrons. The molecule has 0 unspecified atom stereocenters. The Labute approximate surface area is 241 Å². The minimum absolute atomic E-state index is 0.128. The van der Waals surface area contributed by atoms with Gasteiger partial charge in [-0.15, -0.1) is 0 Å². The molecule has 0 aliphatic carbocycles. The molecule has 2 heterocycles. The first kappa shape index (κ1) is 30.3. The number of nitrogens with zero attached hydrogens (tertiary/aromatic N) is 2. The van der Waals surface area contributed by atoms with Crippen LogP contribution in [0.15, 0.2) is 60.7 Å². The van der Waals surface area contributed by atoms with Gasteiger partial charge in [-0.3, -0.25) is 9.80 Å². The lowest BCUT2D eigenvalue weighted by atomic mass is 9.76. The van der Waals surface area contributed by atoms with Crippen LogP contribution in [0.1, 0.15) is 102 Å². The first-order valence-electron chi connectivity index (χ1n) is 14.7. The van der Waals surface area contributed by atoms with E-state index in [1.807, 2.05) is 60.7 Å². The standard InChI is InChI=1S/C34H48N2O4/c1-31(2)21-27(39-29(37)25-15-11-9-12-16-25)22-32(3,4)35(31)19-20-36-33(5,6)23-28(24-34(36,7)8)40-30(38)26-17-13-10-14-18-26/h9-18,27-28H,19-24H2,1-8H3. The molecule has 0 atom stereocenters. The number of carbonyl (C=O) groups excluding carboxylic acids is 2.